The predicted octanol–water partition coefficient (Wildman–Crippen LogP) is 1.56. The van der Waals surface area contributed by atoms with Crippen molar-refractivity contribution in [1.29, 1.82) is 0 Å². The van der Waals surface area contributed by atoms with Gasteiger partial charge < -0.3 is 14.5 Å². The van der Waals surface area contributed by atoms with E-state index >= 15 is 0 Å². The molecular weight excluding hydrogens is 294 g/mol. The van der Waals surface area contributed by atoms with E-state index < -0.39 is 0 Å². The van der Waals surface area contributed by atoms with Gasteiger partial charge in [-0.25, -0.2) is 4.98 Å². The molecule has 0 aromatic carbocycles. The van der Waals surface area contributed by atoms with Crippen molar-refractivity contribution in [3.8, 4) is 5.88 Å². The molecule has 1 aromatic heterocycles. The zero-order valence-corrected chi connectivity index (χ0v) is 13.5. The van der Waals surface area contributed by atoms with Crippen LogP contribution in [0.3, 0.4) is 0 Å². The van der Waals surface area contributed by atoms with Crippen molar-refractivity contribution >= 4 is 11.8 Å². The molecule has 124 valence electrons. The van der Waals surface area contributed by atoms with Crippen molar-refractivity contribution < 1.29 is 14.3 Å². The van der Waals surface area contributed by atoms with Gasteiger partial charge in [0, 0.05) is 38.4 Å². The van der Waals surface area contributed by atoms with Crippen LogP contribution in [-0.4, -0.2) is 59.9 Å². The number of rotatable bonds is 3. The second-order valence-corrected chi connectivity index (χ2v) is 6.21. The smallest absolute Gasteiger partial charge is 0.255 e. The maximum Gasteiger partial charge on any atom is 0.255 e. The number of carbonyl (C=O) groups is 2. The maximum absolute atomic E-state index is 12.5. The Labute approximate surface area is 136 Å². The van der Waals surface area contributed by atoms with Crippen LogP contribution in [-0.2, 0) is 4.79 Å². The molecule has 0 aliphatic carbocycles. The fraction of sp³-hybridized carbons (Fsp3) is 0.588. The molecule has 3 heterocycles. The molecular formula is C17H23N3O3. The molecule has 2 aliphatic rings. The second kappa shape index (κ2) is 6.98. The number of ether oxygens (including phenoxy) is 1. The standard InChI is InChI=1S/C17H23N3O3/c1-23-15-6-5-13(11-18-15)16(21)20-10-7-14(12-20)17(22)19-8-3-2-4-9-19/h5-6,11,14H,2-4,7-10,12H2,1H3. The van der Waals surface area contributed by atoms with Gasteiger partial charge in [-0.15, -0.1) is 0 Å². The summed E-state index contributed by atoms with van der Waals surface area (Å²) in [5.74, 6) is 0.589. The Morgan fingerprint density at radius 3 is 2.57 bits per heavy atom. The van der Waals surface area contributed by atoms with Gasteiger partial charge in [0.2, 0.25) is 11.8 Å². The molecule has 3 rings (SSSR count). The van der Waals surface area contributed by atoms with Crippen LogP contribution in [0.5, 0.6) is 5.88 Å². The van der Waals surface area contributed by atoms with Crippen molar-refractivity contribution in [2.75, 3.05) is 33.3 Å². The van der Waals surface area contributed by atoms with E-state index in [1.54, 1.807) is 24.1 Å². The number of likely N-dealkylation sites (tertiary alicyclic amines) is 2. The van der Waals surface area contributed by atoms with Crippen LogP contribution in [0.25, 0.3) is 0 Å². The minimum absolute atomic E-state index is 0.0525. The number of pyridine rings is 1. The lowest BCUT2D eigenvalue weighted by atomic mass is 10.0. The van der Waals surface area contributed by atoms with Gasteiger partial charge in [-0.05, 0) is 31.7 Å². The van der Waals surface area contributed by atoms with E-state index in [4.69, 9.17) is 4.74 Å². The van der Waals surface area contributed by atoms with Crippen LogP contribution in [0.1, 0.15) is 36.0 Å². The van der Waals surface area contributed by atoms with Crippen molar-refractivity contribution in [3.05, 3.63) is 23.9 Å². The van der Waals surface area contributed by atoms with Crippen molar-refractivity contribution in [1.82, 2.24) is 14.8 Å². The second-order valence-electron chi connectivity index (χ2n) is 6.21. The maximum atomic E-state index is 12.5. The summed E-state index contributed by atoms with van der Waals surface area (Å²) in [4.78, 5) is 32.9. The molecule has 2 fully saturated rings. The SMILES string of the molecule is COc1ccc(C(=O)N2CCC(C(=O)N3CCCCC3)C2)cn1. The quantitative estimate of drug-likeness (QED) is 0.849. The molecule has 1 unspecified atom stereocenters. The molecule has 2 amide bonds. The van der Waals surface area contributed by atoms with E-state index in [0.29, 0.717) is 24.5 Å². The summed E-state index contributed by atoms with van der Waals surface area (Å²) >= 11 is 0. The number of nitrogens with zero attached hydrogens (tertiary/aromatic N) is 3. The third kappa shape index (κ3) is 3.46. The third-order valence-electron chi connectivity index (χ3n) is 4.68. The van der Waals surface area contributed by atoms with E-state index in [-0.39, 0.29) is 17.7 Å². The average molecular weight is 317 g/mol. The van der Waals surface area contributed by atoms with Crippen LogP contribution in [0.4, 0.5) is 0 Å². The summed E-state index contributed by atoms with van der Waals surface area (Å²) in [7, 11) is 1.54. The summed E-state index contributed by atoms with van der Waals surface area (Å²) in [6.07, 6.45) is 5.69. The molecule has 1 aromatic rings. The zero-order valence-electron chi connectivity index (χ0n) is 13.5. The summed E-state index contributed by atoms with van der Waals surface area (Å²) in [6.45, 7) is 2.88. The van der Waals surface area contributed by atoms with E-state index in [2.05, 4.69) is 4.98 Å². The van der Waals surface area contributed by atoms with E-state index in [1.165, 1.54) is 12.6 Å². The Morgan fingerprint density at radius 2 is 1.91 bits per heavy atom. The number of hydrogen-bond acceptors (Lipinski definition) is 4. The molecule has 1 atom stereocenters. The molecule has 0 radical (unpaired) electrons. The van der Waals surface area contributed by atoms with Crippen molar-refractivity contribution in [2.45, 2.75) is 25.7 Å². The van der Waals surface area contributed by atoms with Gasteiger partial charge in [-0.2, -0.15) is 0 Å². The number of amides is 2. The van der Waals surface area contributed by atoms with Gasteiger partial charge in [-0.1, -0.05) is 0 Å². The molecule has 23 heavy (non-hydrogen) atoms. The van der Waals surface area contributed by atoms with Gasteiger partial charge in [-0.3, -0.25) is 9.59 Å². The first-order valence-electron chi connectivity index (χ1n) is 8.27. The summed E-state index contributed by atoms with van der Waals surface area (Å²) in [6, 6.07) is 3.40. The van der Waals surface area contributed by atoms with Gasteiger partial charge in [0.15, 0.2) is 0 Å². The number of hydrogen-bond donors (Lipinski definition) is 0. The third-order valence-corrected chi connectivity index (χ3v) is 4.68. The molecule has 2 saturated heterocycles. The Kier molecular flexibility index (Phi) is 4.79. The van der Waals surface area contributed by atoms with Gasteiger partial charge >= 0.3 is 0 Å². The van der Waals surface area contributed by atoms with Gasteiger partial charge in [0.05, 0.1) is 18.6 Å². The largest absolute Gasteiger partial charge is 0.481 e. The summed E-state index contributed by atoms with van der Waals surface area (Å²) in [5, 5.41) is 0. The first-order chi connectivity index (χ1) is 11.2. The van der Waals surface area contributed by atoms with E-state index in [0.717, 1.165) is 32.4 Å². The first kappa shape index (κ1) is 15.8. The minimum Gasteiger partial charge on any atom is -0.481 e. The monoisotopic (exact) mass is 317 g/mol. The minimum atomic E-state index is -0.0610. The molecule has 6 nitrogen and oxygen atoms in total. The Morgan fingerprint density at radius 1 is 1.13 bits per heavy atom. The zero-order chi connectivity index (χ0) is 16.2. The van der Waals surface area contributed by atoms with Crippen molar-refractivity contribution in [2.24, 2.45) is 5.92 Å². The van der Waals surface area contributed by atoms with Crippen LogP contribution >= 0.6 is 0 Å². The molecule has 6 heteroatoms. The lowest BCUT2D eigenvalue weighted by molar-refractivity contribution is -0.135. The lowest BCUT2D eigenvalue weighted by Crippen LogP contribution is -2.41. The molecule has 0 N–H and O–H groups in total. The number of methoxy groups -OCH3 is 1. The highest BCUT2D eigenvalue weighted by molar-refractivity contribution is 5.94. The van der Waals surface area contributed by atoms with E-state index in [1.807, 2.05) is 4.90 Å². The number of carbonyl (C=O) groups excluding carboxylic acids is 2. The highest BCUT2D eigenvalue weighted by Gasteiger charge is 2.34. The van der Waals surface area contributed by atoms with Crippen LogP contribution in [0, 0.1) is 5.92 Å². The highest BCUT2D eigenvalue weighted by atomic mass is 16.5. The normalized spacial score (nSPS) is 21.3. The molecule has 0 saturated carbocycles. The Bertz CT molecular complexity index is 567. The van der Waals surface area contributed by atoms with Crippen LogP contribution in [0.15, 0.2) is 18.3 Å². The van der Waals surface area contributed by atoms with E-state index in [9.17, 15) is 9.59 Å². The van der Waals surface area contributed by atoms with Gasteiger partial charge in [0.1, 0.15) is 0 Å². The first-order valence-corrected chi connectivity index (χ1v) is 8.27. The van der Waals surface area contributed by atoms with Crippen molar-refractivity contribution in [3.63, 3.8) is 0 Å². The molecule has 0 spiro atoms. The van der Waals surface area contributed by atoms with Crippen LogP contribution < -0.4 is 4.74 Å². The van der Waals surface area contributed by atoms with Crippen LogP contribution in [0.2, 0.25) is 0 Å². The summed E-state index contributed by atoms with van der Waals surface area (Å²) < 4.78 is 5.00. The average Bonchev–Trinajstić information content (AvgIpc) is 3.11. The fourth-order valence-electron chi connectivity index (χ4n) is 3.33. The lowest BCUT2D eigenvalue weighted by Gasteiger charge is -2.29. The molecule has 0 bridgehead atoms. The number of aromatic nitrogens is 1. The highest BCUT2D eigenvalue weighted by Crippen LogP contribution is 2.23. The predicted molar refractivity (Wildman–Crippen MR) is 85.2 cm³/mol. The Hall–Kier alpha value is -2.11. The summed E-state index contributed by atoms with van der Waals surface area (Å²) in [5.41, 5.74) is 0.539. The van der Waals surface area contributed by atoms with Gasteiger partial charge in [0.25, 0.3) is 5.91 Å². The number of piperidine rings is 1. The molecule has 2 aliphatic heterocycles. The fourth-order valence-corrected chi connectivity index (χ4v) is 3.33. The Balaban J connectivity index is 1.59. The topological polar surface area (TPSA) is 62.7 Å².